The van der Waals surface area contributed by atoms with Crippen LogP contribution in [0.3, 0.4) is 0 Å². The van der Waals surface area contributed by atoms with Gasteiger partial charge in [-0.25, -0.2) is 13.2 Å². The molecule has 0 aliphatic heterocycles. The maximum atomic E-state index is 12.0. The fraction of sp³-hybridized carbons (Fsp3) is 0.200. The van der Waals surface area contributed by atoms with Crippen LogP contribution in [-0.2, 0) is 10.0 Å². The maximum Gasteiger partial charge on any atom is 0.345 e. The van der Waals surface area contributed by atoms with Crippen LogP contribution >= 0.6 is 11.3 Å². The molecule has 94 valence electrons. The van der Waals surface area contributed by atoms with Gasteiger partial charge >= 0.3 is 5.97 Å². The van der Waals surface area contributed by atoms with Crippen LogP contribution in [0.25, 0.3) is 0 Å². The number of hydrogen-bond donors (Lipinski definition) is 1. The van der Waals surface area contributed by atoms with E-state index in [0.717, 1.165) is 4.31 Å². The fourth-order valence-corrected chi connectivity index (χ4v) is 3.66. The van der Waals surface area contributed by atoms with Crippen LogP contribution in [0, 0.1) is 23.7 Å². The number of rotatable bonds is 5. The summed E-state index contributed by atoms with van der Waals surface area (Å²) in [6.45, 7) is -0.622. The SMILES string of the molecule is C#CCN(CC#N)S(=O)(=O)c1ccc(C(=O)O)s1. The maximum absolute atomic E-state index is 12.0. The molecule has 0 spiro atoms. The van der Waals surface area contributed by atoms with Gasteiger partial charge in [0.2, 0.25) is 0 Å². The van der Waals surface area contributed by atoms with E-state index in [1.54, 1.807) is 6.07 Å². The normalized spacial score (nSPS) is 10.8. The molecular weight excluding hydrogens is 276 g/mol. The number of carbonyl (C=O) groups is 1. The molecule has 0 unspecified atom stereocenters. The van der Waals surface area contributed by atoms with Gasteiger partial charge in [-0.05, 0) is 12.1 Å². The van der Waals surface area contributed by atoms with Gasteiger partial charge in [-0.1, -0.05) is 5.92 Å². The van der Waals surface area contributed by atoms with Gasteiger partial charge in [0.1, 0.15) is 15.6 Å². The van der Waals surface area contributed by atoms with Gasteiger partial charge in [0.25, 0.3) is 10.0 Å². The average Bonchev–Trinajstić information content (AvgIpc) is 2.78. The third-order valence-corrected chi connectivity index (χ3v) is 5.23. The van der Waals surface area contributed by atoms with Crippen molar-refractivity contribution in [2.75, 3.05) is 13.1 Å². The van der Waals surface area contributed by atoms with E-state index in [2.05, 4.69) is 5.92 Å². The average molecular weight is 284 g/mol. The number of nitrogens with zero attached hydrogens (tertiary/aromatic N) is 2. The number of terminal acetylenes is 1. The van der Waals surface area contributed by atoms with Crippen molar-refractivity contribution < 1.29 is 18.3 Å². The predicted molar refractivity (Wildman–Crippen MR) is 64.5 cm³/mol. The summed E-state index contributed by atoms with van der Waals surface area (Å²) in [6, 6.07) is 4.08. The molecule has 1 rings (SSSR count). The van der Waals surface area contributed by atoms with Gasteiger partial charge < -0.3 is 5.11 Å². The predicted octanol–water partition coefficient (Wildman–Crippen LogP) is 0.594. The molecule has 1 N–H and O–H groups in total. The fourth-order valence-electron chi connectivity index (χ4n) is 1.11. The Morgan fingerprint density at radius 2 is 2.17 bits per heavy atom. The zero-order chi connectivity index (χ0) is 13.8. The van der Waals surface area contributed by atoms with Crippen LogP contribution in [0.5, 0.6) is 0 Å². The number of aromatic carboxylic acids is 1. The molecule has 0 saturated carbocycles. The Labute approximate surface area is 108 Å². The minimum absolute atomic E-state index is 0.0915. The van der Waals surface area contributed by atoms with Crippen molar-refractivity contribution in [2.24, 2.45) is 0 Å². The van der Waals surface area contributed by atoms with Crippen molar-refractivity contribution in [1.29, 1.82) is 5.26 Å². The molecule has 8 heteroatoms. The Balaban J connectivity index is 3.15. The lowest BCUT2D eigenvalue weighted by atomic mass is 10.5. The Morgan fingerprint density at radius 1 is 1.50 bits per heavy atom. The smallest absolute Gasteiger partial charge is 0.345 e. The van der Waals surface area contributed by atoms with Gasteiger partial charge in [-0.2, -0.15) is 9.57 Å². The number of hydrogen-bond acceptors (Lipinski definition) is 5. The zero-order valence-electron chi connectivity index (χ0n) is 9.03. The zero-order valence-corrected chi connectivity index (χ0v) is 10.7. The highest BCUT2D eigenvalue weighted by Crippen LogP contribution is 2.24. The second-order valence-electron chi connectivity index (χ2n) is 3.06. The molecule has 0 bridgehead atoms. The van der Waals surface area contributed by atoms with Crippen molar-refractivity contribution in [3.05, 3.63) is 17.0 Å². The Bertz CT molecular complexity index is 618. The van der Waals surface area contributed by atoms with E-state index < -0.39 is 16.0 Å². The highest BCUT2D eigenvalue weighted by Gasteiger charge is 2.26. The summed E-state index contributed by atoms with van der Waals surface area (Å²) < 4.78 is 24.8. The number of nitriles is 1. The summed E-state index contributed by atoms with van der Waals surface area (Å²) in [7, 11) is -3.91. The second kappa shape index (κ2) is 5.65. The third-order valence-electron chi connectivity index (χ3n) is 1.90. The summed E-state index contributed by atoms with van der Waals surface area (Å²) >= 11 is 0.621. The lowest BCUT2D eigenvalue weighted by Crippen LogP contribution is -2.31. The number of carboxylic acid groups (broad SMARTS) is 1. The van der Waals surface area contributed by atoms with E-state index in [1.165, 1.54) is 12.1 Å². The van der Waals surface area contributed by atoms with Crippen LogP contribution in [-0.4, -0.2) is 36.9 Å². The van der Waals surface area contributed by atoms with Crippen LogP contribution < -0.4 is 0 Å². The summed E-state index contributed by atoms with van der Waals surface area (Å²) in [5, 5.41) is 17.3. The third kappa shape index (κ3) is 2.87. The standard InChI is InChI=1S/C10H8N2O4S2/c1-2-6-12(7-5-11)18(15,16)9-4-3-8(17-9)10(13)14/h1,3-4H,6-7H2,(H,13,14). The molecule has 0 atom stereocenters. The minimum atomic E-state index is -3.91. The van der Waals surface area contributed by atoms with Crippen LogP contribution in [0.1, 0.15) is 9.67 Å². The minimum Gasteiger partial charge on any atom is -0.477 e. The molecule has 1 aromatic rings. The van der Waals surface area contributed by atoms with E-state index in [9.17, 15) is 13.2 Å². The lowest BCUT2D eigenvalue weighted by Gasteiger charge is -2.14. The van der Waals surface area contributed by atoms with E-state index in [0.29, 0.717) is 11.3 Å². The molecule has 1 aromatic heterocycles. The number of sulfonamides is 1. The van der Waals surface area contributed by atoms with Crippen molar-refractivity contribution in [2.45, 2.75) is 4.21 Å². The van der Waals surface area contributed by atoms with Gasteiger partial charge in [0.15, 0.2) is 0 Å². The van der Waals surface area contributed by atoms with Crippen molar-refractivity contribution in [1.82, 2.24) is 4.31 Å². The molecule has 0 aliphatic rings. The van der Waals surface area contributed by atoms with E-state index in [4.69, 9.17) is 16.8 Å². The quantitative estimate of drug-likeness (QED) is 0.630. The molecule has 0 amide bonds. The monoisotopic (exact) mass is 284 g/mol. The largest absolute Gasteiger partial charge is 0.477 e. The molecule has 0 fully saturated rings. The van der Waals surface area contributed by atoms with Gasteiger partial charge in [-0.15, -0.1) is 17.8 Å². The molecule has 0 aliphatic carbocycles. The number of carboxylic acids is 1. The van der Waals surface area contributed by atoms with Crippen molar-refractivity contribution >= 4 is 27.3 Å². The van der Waals surface area contributed by atoms with Gasteiger partial charge in [-0.3, -0.25) is 0 Å². The Hall–Kier alpha value is -1.87. The van der Waals surface area contributed by atoms with Gasteiger partial charge in [0.05, 0.1) is 12.6 Å². The molecule has 1 heterocycles. The van der Waals surface area contributed by atoms with Crippen LogP contribution in [0.2, 0.25) is 0 Å². The molecule has 6 nitrogen and oxygen atoms in total. The van der Waals surface area contributed by atoms with E-state index in [-0.39, 0.29) is 22.2 Å². The molecular formula is C10H8N2O4S2. The van der Waals surface area contributed by atoms with E-state index in [1.807, 2.05) is 0 Å². The van der Waals surface area contributed by atoms with Crippen LogP contribution in [0.4, 0.5) is 0 Å². The summed E-state index contributed by atoms with van der Waals surface area (Å²) in [4.78, 5) is 10.6. The first-order chi connectivity index (χ1) is 8.43. The summed E-state index contributed by atoms with van der Waals surface area (Å²) in [6.07, 6.45) is 5.03. The molecule has 0 saturated heterocycles. The second-order valence-corrected chi connectivity index (χ2v) is 6.31. The van der Waals surface area contributed by atoms with E-state index >= 15 is 0 Å². The Morgan fingerprint density at radius 3 is 2.61 bits per heavy atom. The Kier molecular flexibility index (Phi) is 4.45. The topological polar surface area (TPSA) is 98.5 Å². The highest BCUT2D eigenvalue weighted by molar-refractivity contribution is 7.91. The van der Waals surface area contributed by atoms with Crippen molar-refractivity contribution in [3.63, 3.8) is 0 Å². The summed E-state index contributed by atoms with van der Waals surface area (Å²) in [5.41, 5.74) is 0. The van der Waals surface area contributed by atoms with Crippen LogP contribution in [0.15, 0.2) is 16.3 Å². The molecule has 0 radical (unpaired) electrons. The first kappa shape index (κ1) is 14.2. The number of thiophene rings is 1. The summed E-state index contributed by atoms with van der Waals surface area (Å²) in [5.74, 6) is 0.939. The first-order valence-electron chi connectivity index (χ1n) is 4.57. The highest BCUT2D eigenvalue weighted by atomic mass is 32.2. The van der Waals surface area contributed by atoms with Gasteiger partial charge in [0, 0.05) is 0 Å². The van der Waals surface area contributed by atoms with Crippen molar-refractivity contribution in [3.8, 4) is 18.4 Å². The molecule has 0 aromatic carbocycles. The molecule has 18 heavy (non-hydrogen) atoms. The lowest BCUT2D eigenvalue weighted by molar-refractivity contribution is 0.0702. The first-order valence-corrected chi connectivity index (χ1v) is 6.83.